The Morgan fingerprint density at radius 3 is 2.64 bits per heavy atom. The number of pyridine rings is 1. The van der Waals surface area contributed by atoms with Crippen molar-refractivity contribution in [3.63, 3.8) is 0 Å². The van der Waals surface area contributed by atoms with E-state index in [9.17, 15) is 9.18 Å². The number of hydrogen-bond acceptors (Lipinski definition) is 5. The minimum atomic E-state index is -0.344. The summed E-state index contributed by atoms with van der Waals surface area (Å²) in [6.07, 6.45) is 1.44. The van der Waals surface area contributed by atoms with E-state index < -0.39 is 0 Å². The zero-order valence-electron chi connectivity index (χ0n) is 11.9. The van der Waals surface area contributed by atoms with Gasteiger partial charge < -0.3 is 4.90 Å². The van der Waals surface area contributed by atoms with E-state index in [1.54, 1.807) is 24.1 Å². The van der Waals surface area contributed by atoms with Crippen LogP contribution in [-0.2, 0) is 4.79 Å². The predicted molar refractivity (Wildman–Crippen MR) is 80.4 cm³/mol. The lowest BCUT2D eigenvalue weighted by molar-refractivity contribution is -0.119. The molecule has 1 aromatic heterocycles. The molecule has 0 aliphatic carbocycles. The Kier molecular flexibility index (Phi) is 4.88. The van der Waals surface area contributed by atoms with Gasteiger partial charge >= 0.3 is 0 Å². The highest BCUT2D eigenvalue weighted by Crippen LogP contribution is 2.09. The van der Waals surface area contributed by atoms with Crippen LogP contribution in [0.15, 0.2) is 42.6 Å². The van der Waals surface area contributed by atoms with Gasteiger partial charge in [0.1, 0.15) is 17.7 Å². The highest BCUT2D eigenvalue weighted by atomic mass is 19.1. The van der Waals surface area contributed by atoms with Gasteiger partial charge in [-0.2, -0.15) is 5.26 Å². The van der Waals surface area contributed by atoms with Gasteiger partial charge in [-0.15, -0.1) is 0 Å². The Bertz CT molecular complexity index is 679. The lowest BCUT2D eigenvalue weighted by Gasteiger charge is -2.18. The first kappa shape index (κ1) is 15.3. The molecule has 1 heterocycles. The smallest absolute Gasteiger partial charge is 0.257 e. The van der Waals surface area contributed by atoms with E-state index in [2.05, 4.69) is 15.8 Å². The molecule has 0 radical (unpaired) electrons. The summed E-state index contributed by atoms with van der Waals surface area (Å²) in [5.74, 6) is -0.0441. The Labute approximate surface area is 127 Å². The van der Waals surface area contributed by atoms with Gasteiger partial charge in [0.25, 0.3) is 5.91 Å². The van der Waals surface area contributed by atoms with Crippen molar-refractivity contribution >= 4 is 17.4 Å². The number of rotatable bonds is 5. The summed E-state index contributed by atoms with van der Waals surface area (Å²) in [5.41, 5.74) is 6.23. The third-order valence-electron chi connectivity index (χ3n) is 2.84. The molecule has 0 fully saturated rings. The minimum Gasteiger partial charge on any atom is -0.350 e. The maximum Gasteiger partial charge on any atom is 0.257 e. The summed E-state index contributed by atoms with van der Waals surface area (Å²) in [7, 11) is 1.71. The van der Waals surface area contributed by atoms with Crippen molar-refractivity contribution in [3.8, 4) is 6.07 Å². The van der Waals surface area contributed by atoms with Crippen LogP contribution in [0.25, 0.3) is 0 Å². The summed E-state index contributed by atoms with van der Waals surface area (Å²) in [6.45, 7) is 0.0765. The molecular formula is C15H14FN5O. The molecule has 0 spiro atoms. The molecule has 0 saturated carbocycles. The van der Waals surface area contributed by atoms with Crippen LogP contribution >= 0.6 is 0 Å². The predicted octanol–water partition coefficient (Wildman–Crippen LogP) is 1.67. The van der Waals surface area contributed by atoms with Crippen molar-refractivity contribution in [2.24, 2.45) is 0 Å². The lowest BCUT2D eigenvalue weighted by atomic mass is 10.3. The highest BCUT2D eigenvalue weighted by Gasteiger charge is 2.08. The summed E-state index contributed by atoms with van der Waals surface area (Å²) in [4.78, 5) is 17.6. The van der Waals surface area contributed by atoms with Gasteiger partial charge in [0.05, 0.1) is 17.8 Å². The van der Waals surface area contributed by atoms with E-state index in [0.717, 1.165) is 0 Å². The molecule has 2 N–H and O–H groups in total. The maximum atomic E-state index is 12.8. The SMILES string of the molecule is CN(CC(=O)NNc1ccc(F)cc1)c1ccc(C#N)cn1. The van der Waals surface area contributed by atoms with E-state index >= 15 is 0 Å². The number of hydrogen-bond donors (Lipinski definition) is 2. The van der Waals surface area contributed by atoms with Crippen LogP contribution in [0.1, 0.15) is 5.56 Å². The minimum absolute atomic E-state index is 0.0765. The Balaban J connectivity index is 1.85. The van der Waals surface area contributed by atoms with Crippen LogP contribution in [0.3, 0.4) is 0 Å². The van der Waals surface area contributed by atoms with Crippen LogP contribution in [0.2, 0.25) is 0 Å². The first-order valence-electron chi connectivity index (χ1n) is 6.46. The van der Waals surface area contributed by atoms with Crippen LogP contribution in [0.5, 0.6) is 0 Å². The van der Waals surface area contributed by atoms with Crippen LogP contribution in [0.4, 0.5) is 15.9 Å². The molecule has 0 unspecified atom stereocenters. The molecular weight excluding hydrogens is 285 g/mol. The number of benzene rings is 1. The van der Waals surface area contributed by atoms with Crippen LogP contribution in [-0.4, -0.2) is 24.5 Å². The van der Waals surface area contributed by atoms with Crippen molar-refractivity contribution in [2.75, 3.05) is 23.9 Å². The molecule has 1 amide bonds. The summed E-state index contributed by atoms with van der Waals surface area (Å²) in [6, 6.07) is 10.9. The molecule has 0 aliphatic heterocycles. The van der Waals surface area contributed by atoms with Gasteiger partial charge in [-0.25, -0.2) is 9.37 Å². The molecule has 6 nitrogen and oxygen atoms in total. The second-order valence-electron chi connectivity index (χ2n) is 4.55. The zero-order chi connectivity index (χ0) is 15.9. The van der Waals surface area contributed by atoms with Gasteiger partial charge in [-0.1, -0.05) is 0 Å². The Morgan fingerprint density at radius 2 is 2.05 bits per heavy atom. The van der Waals surface area contributed by atoms with Crippen molar-refractivity contribution in [1.29, 1.82) is 5.26 Å². The number of carbonyl (C=O) groups excluding carboxylic acids is 1. The number of nitrogens with one attached hydrogen (secondary N) is 2. The van der Waals surface area contributed by atoms with E-state index in [1.807, 2.05) is 6.07 Å². The first-order chi connectivity index (χ1) is 10.6. The molecule has 2 rings (SSSR count). The number of anilines is 2. The monoisotopic (exact) mass is 299 g/mol. The fourth-order valence-corrected chi connectivity index (χ4v) is 1.69. The third-order valence-corrected chi connectivity index (χ3v) is 2.84. The molecule has 112 valence electrons. The molecule has 2 aromatic rings. The second-order valence-corrected chi connectivity index (χ2v) is 4.55. The first-order valence-corrected chi connectivity index (χ1v) is 6.46. The van der Waals surface area contributed by atoms with E-state index in [1.165, 1.54) is 30.5 Å². The zero-order valence-corrected chi connectivity index (χ0v) is 11.9. The van der Waals surface area contributed by atoms with Crippen molar-refractivity contribution in [3.05, 3.63) is 54.0 Å². The van der Waals surface area contributed by atoms with Crippen molar-refractivity contribution < 1.29 is 9.18 Å². The second kappa shape index (κ2) is 7.04. The average Bonchev–Trinajstić information content (AvgIpc) is 2.54. The molecule has 0 aliphatic rings. The number of carbonyl (C=O) groups is 1. The Morgan fingerprint density at radius 1 is 1.32 bits per heavy atom. The number of nitrogens with zero attached hydrogens (tertiary/aromatic N) is 3. The van der Waals surface area contributed by atoms with E-state index in [-0.39, 0.29) is 18.3 Å². The molecule has 7 heteroatoms. The van der Waals surface area contributed by atoms with Crippen molar-refractivity contribution in [1.82, 2.24) is 10.4 Å². The van der Waals surface area contributed by atoms with Gasteiger partial charge in [0.15, 0.2) is 0 Å². The summed E-state index contributed by atoms with van der Waals surface area (Å²) < 4.78 is 12.8. The lowest BCUT2D eigenvalue weighted by Crippen LogP contribution is -2.38. The van der Waals surface area contributed by atoms with Crippen LogP contribution in [0, 0.1) is 17.1 Å². The number of amides is 1. The number of likely N-dealkylation sites (N-methyl/N-ethyl adjacent to an activating group) is 1. The van der Waals surface area contributed by atoms with Gasteiger partial charge in [0, 0.05) is 13.2 Å². The third kappa shape index (κ3) is 4.18. The van der Waals surface area contributed by atoms with E-state index in [4.69, 9.17) is 5.26 Å². The summed E-state index contributed by atoms with van der Waals surface area (Å²) in [5, 5.41) is 8.71. The maximum absolute atomic E-state index is 12.8. The number of hydrazine groups is 1. The fraction of sp³-hybridized carbons (Fsp3) is 0.133. The normalized spacial score (nSPS) is 9.68. The topological polar surface area (TPSA) is 81.0 Å². The molecule has 0 atom stereocenters. The summed E-state index contributed by atoms with van der Waals surface area (Å²) >= 11 is 0. The van der Waals surface area contributed by atoms with Gasteiger partial charge in [-0.05, 0) is 36.4 Å². The Hall–Kier alpha value is -3.14. The number of aromatic nitrogens is 1. The quantitative estimate of drug-likeness (QED) is 0.821. The number of nitriles is 1. The largest absolute Gasteiger partial charge is 0.350 e. The van der Waals surface area contributed by atoms with Crippen LogP contribution < -0.4 is 15.8 Å². The molecule has 0 saturated heterocycles. The standard InChI is InChI=1S/C15H14FN5O/c1-21(14-7-2-11(8-17)9-18-14)10-15(22)20-19-13-5-3-12(16)4-6-13/h2-7,9,19H,10H2,1H3,(H,20,22). The molecule has 0 bridgehead atoms. The molecule has 22 heavy (non-hydrogen) atoms. The average molecular weight is 299 g/mol. The number of halogens is 1. The van der Waals surface area contributed by atoms with Gasteiger partial charge in [0.2, 0.25) is 0 Å². The van der Waals surface area contributed by atoms with Gasteiger partial charge in [-0.3, -0.25) is 15.6 Å². The van der Waals surface area contributed by atoms with E-state index in [0.29, 0.717) is 17.1 Å². The van der Waals surface area contributed by atoms with Crippen molar-refractivity contribution in [2.45, 2.75) is 0 Å². The fourth-order valence-electron chi connectivity index (χ4n) is 1.69. The molecule has 1 aromatic carbocycles. The highest BCUT2D eigenvalue weighted by molar-refractivity contribution is 5.82.